The van der Waals surface area contributed by atoms with Crippen molar-refractivity contribution in [1.29, 1.82) is 0 Å². The first kappa shape index (κ1) is 21.8. The number of pyridine rings is 3. The Kier molecular flexibility index (Phi) is 5.74. The molecule has 2 N–H and O–H groups in total. The Bertz CT molecular complexity index is 1270. The molecule has 1 unspecified atom stereocenters. The Hall–Kier alpha value is -3.06. The van der Waals surface area contributed by atoms with Crippen molar-refractivity contribution < 1.29 is 9.90 Å². The molecule has 0 saturated heterocycles. The third kappa shape index (κ3) is 4.55. The molecule has 3 aromatic heterocycles. The van der Waals surface area contributed by atoms with Crippen molar-refractivity contribution in [2.75, 3.05) is 5.32 Å². The van der Waals surface area contributed by atoms with Crippen LogP contribution >= 0.6 is 0 Å². The average Bonchev–Trinajstić information content (AvgIpc) is 3.70. The van der Waals surface area contributed by atoms with E-state index in [1.54, 1.807) is 12.4 Å². The van der Waals surface area contributed by atoms with Gasteiger partial charge in [0.2, 0.25) is 5.91 Å². The Balaban J connectivity index is 1.57. The summed E-state index contributed by atoms with van der Waals surface area (Å²) in [6.07, 6.45) is 8.46. The lowest BCUT2D eigenvalue weighted by atomic mass is 10.00. The van der Waals surface area contributed by atoms with Gasteiger partial charge in [-0.3, -0.25) is 14.6 Å². The van der Waals surface area contributed by atoms with Gasteiger partial charge in [0.15, 0.2) is 0 Å². The summed E-state index contributed by atoms with van der Waals surface area (Å²) in [5.41, 5.74) is 3.62. The minimum Gasteiger partial charge on any atom is -0.387 e. The second-order valence-corrected chi connectivity index (χ2v) is 9.54. The van der Waals surface area contributed by atoms with Crippen molar-refractivity contribution >= 4 is 22.6 Å². The fraction of sp³-hybridized carbons (Fsp3) is 0.462. The van der Waals surface area contributed by atoms with Crippen molar-refractivity contribution in [3.63, 3.8) is 0 Å². The highest BCUT2D eigenvalue weighted by atomic mass is 16.3. The predicted octanol–water partition coefficient (Wildman–Crippen LogP) is 4.36. The van der Waals surface area contributed by atoms with Crippen LogP contribution in [0, 0.1) is 18.8 Å². The van der Waals surface area contributed by atoms with E-state index in [1.807, 2.05) is 36.6 Å². The fourth-order valence-electron chi connectivity index (χ4n) is 4.31. The monoisotopic (exact) mass is 446 g/mol. The number of aromatic nitrogens is 3. The van der Waals surface area contributed by atoms with E-state index in [-0.39, 0.29) is 17.4 Å². The SMILES string of the molecule is CCCC(O)c1cc(C)c(-c2cc3cnc(NC(=O)C4CC4)cc3n(CC3CC3)c2=O)cn1. The van der Waals surface area contributed by atoms with E-state index < -0.39 is 6.10 Å². The third-order valence-electron chi connectivity index (χ3n) is 6.64. The third-order valence-corrected chi connectivity index (χ3v) is 6.64. The Labute approximate surface area is 192 Å². The molecule has 1 atom stereocenters. The first-order chi connectivity index (χ1) is 15.9. The van der Waals surface area contributed by atoms with E-state index in [0.717, 1.165) is 54.1 Å². The van der Waals surface area contributed by atoms with Gasteiger partial charge in [-0.15, -0.1) is 0 Å². The van der Waals surface area contributed by atoms with Gasteiger partial charge in [0, 0.05) is 47.4 Å². The number of hydrogen-bond acceptors (Lipinski definition) is 5. The standard InChI is InChI=1S/C26H30N4O3/c1-3-4-23(31)21-9-15(2)20(13-27-21)19-10-18-12-28-24(29-25(32)17-7-8-17)11-22(18)30(26(19)33)14-16-5-6-16/h9-13,16-17,23,31H,3-8,14H2,1-2H3,(H,28,29,32). The number of hydrogen-bond donors (Lipinski definition) is 2. The number of nitrogens with zero attached hydrogens (tertiary/aromatic N) is 3. The zero-order valence-electron chi connectivity index (χ0n) is 19.2. The molecule has 0 spiro atoms. The Morgan fingerprint density at radius 2 is 1.94 bits per heavy atom. The molecule has 3 heterocycles. The van der Waals surface area contributed by atoms with Gasteiger partial charge < -0.3 is 15.0 Å². The number of aryl methyl sites for hydroxylation is 1. The summed E-state index contributed by atoms with van der Waals surface area (Å²) in [5, 5.41) is 14.1. The highest BCUT2D eigenvalue weighted by molar-refractivity contribution is 5.95. The maximum atomic E-state index is 13.6. The molecule has 7 nitrogen and oxygen atoms in total. The molecule has 3 aromatic rings. The molecule has 7 heteroatoms. The Morgan fingerprint density at radius 3 is 2.61 bits per heavy atom. The summed E-state index contributed by atoms with van der Waals surface area (Å²) in [4.78, 5) is 34.8. The lowest BCUT2D eigenvalue weighted by Gasteiger charge is -2.16. The molecule has 0 aliphatic heterocycles. The summed E-state index contributed by atoms with van der Waals surface area (Å²) >= 11 is 0. The molecule has 0 radical (unpaired) electrons. The summed E-state index contributed by atoms with van der Waals surface area (Å²) in [6, 6.07) is 5.56. The second-order valence-electron chi connectivity index (χ2n) is 9.54. The van der Waals surface area contributed by atoms with Crippen LogP contribution in [0.2, 0.25) is 0 Å². The van der Waals surface area contributed by atoms with Gasteiger partial charge in [0.05, 0.1) is 17.3 Å². The van der Waals surface area contributed by atoms with E-state index in [0.29, 0.717) is 36.0 Å². The van der Waals surface area contributed by atoms with Gasteiger partial charge in [0.25, 0.3) is 5.56 Å². The van der Waals surface area contributed by atoms with Gasteiger partial charge in [-0.2, -0.15) is 0 Å². The van der Waals surface area contributed by atoms with Gasteiger partial charge in [-0.1, -0.05) is 13.3 Å². The van der Waals surface area contributed by atoms with Gasteiger partial charge in [-0.05, 0) is 62.6 Å². The van der Waals surface area contributed by atoms with Crippen LogP contribution in [0.3, 0.4) is 0 Å². The molecular weight excluding hydrogens is 416 g/mol. The largest absolute Gasteiger partial charge is 0.387 e. The number of aliphatic hydroxyl groups excluding tert-OH is 1. The minimum atomic E-state index is -0.598. The zero-order valence-corrected chi connectivity index (χ0v) is 19.2. The Morgan fingerprint density at radius 1 is 1.15 bits per heavy atom. The topological polar surface area (TPSA) is 97.1 Å². The number of carbonyl (C=O) groups excluding carboxylic acids is 1. The lowest BCUT2D eigenvalue weighted by Crippen LogP contribution is -2.24. The second kappa shape index (κ2) is 8.71. The van der Waals surface area contributed by atoms with Crippen molar-refractivity contribution in [3.05, 3.63) is 52.2 Å². The fourth-order valence-corrected chi connectivity index (χ4v) is 4.31. The van der Waals surface area contributed by atoms with Crippen LogP contribution < -0.4 is 10.9 Å². The van der Waals surface area contributed by atoms with Crippen LogP contribution in [0.25, 0.3) is 22.0 Å². The van der Waals surface area contributed by atoms with E-state index in [2.05, 4.69) is 15.3 Å². The first-order valence-corrected chi connectivity index (χ1v) is 11.9. The summed E-state index contributed by atoms with van der Waals surface area (Å²) in [5.74, 6) is 1.09. The van der Waals surface area contributed by atoms with Crippen LogP contribution in [0.1, 0.15) is 62.8 Å². The maximum Gasteiger partial charge on any atom is 0.258 e. The minimum absolute atomic E-state index is 0.00149. The summed E-state index contributed by atoms with van der Waals surface area (Å²) in [7, 11) is 0. The van der Waals surface area contributed by atoms with Crippen LogP contribution in [-0.4, -0.2) is 25.5 Å². The van der Waals surface area contributed by atoms with Crippen LogP contribution in [0.4, 0.5) is 5.82 Å². The van der Waals surface area contributed by atoms with Crippen LogP contribution in [-0.2, 0) is 11.3 Å². The highest BCUT2D eigenvalue weighted by Gasteiger charge is 2.30. The summed E-state index contributed by atoms with van der Waals surface area (Å²) < 4.78 is 1.83. The number of nitrogens with one attached hydrogen (secondary N) is 1. The van der Waals surface area contributed by atoms with Gasteiger partial charge in [-0.25, -0.2) is 4.98 Å². The number of carbonyl (C=O) groups is 1. The average molecular weight is 447 g/mol. The number of anilines is 1. The molecule has 1 amide bonds. The van der Waals surface area contributed by atoms with E-state index in [1.165, 1.54) is 0 Å². The highest BCUT2D eigenvalue weighted by Crippen LogP contribution is 2.33. The van der Waals surface area contributed by atoms with Crippen LogP contribution in [0.5, 0.6) is 0 Å². The summed E-state index contributed by atoms with van der Waals surface area (Å²) in [6.45, 7) is 4.63. The molecule has 2 aliphatic rings. The van der Waals surface area contributed by atoms with Crippen molar-refractivity contribution in [2.45, 2.75) is 65.0 Å². The smallest absolute Gasteiger partial charge is 0.258 e. The van der Waals surface area contributed by atoms with Gasteiger partial charge in [0.1, 0.15) is 5.82 Å². The molecule has 33 heavy (non-hydrogen) atoms. The number of aliphatic hydroxyl groups is 1. The number of rotatable bonds is 8. The normalized spacial score (nSPS) is 16.7. The van der Waals surface area contributed by atoms with E-state index >= 15 is 0 Å². The molecular formula is C26H30N4O3. The zero-order chi connectivity index (χ0) is 23.1. The molecule has 5 rings (SSSR count). The van der Waals surface area contributed by atoms with Crippen LogP contribution in [0.15, 0.2) is 35.4 Å². The van der Waals surface area contributed by atoms with Crippen molar-refractivity contribution in [1.82, 2.24) is 14.5 Å². The van der Waals surface area contributed by atoms with E-state index in [9.17, 15) is 14.7 Å². The molecule has 2 saturated carbocycles. The number of fused-ring (bicyclic) bond motifs is 1. The van der Waals surface area contributed by atoms with Crippen molar-refractivity contribution in [2.24, 2.45) is 11.8 Å². The van der Waals surface area contributed by atoms with Crippen molar-refractivity contribution in [3.8, 4) is 11.1 Å². The van der Waals surface area contributed by atoms with E-state index in [4.69, 9.17) is 0 Å². The van der Waals surface area contributed by atoms with Gasteiger partial charge >= 0.3 is 0 Å². The maximum absolute atomic E-state index is 13.6. The first-order valence-electron chi connectivity index (χ1n) is 11.9. The molecule has 0 bridgehead atoms. The lowest BCUT2D eigenvalue weighted by molar-refractivity contribution is -0.117. The molecule has 172 valence electrons. The predicted molar refractivity (Wildman–Crippen MR) is 128 cm³/mol. The quantitative estimate of drug-likeness (QED) is 0.536. The molecule has 0 aromatic carbocycles. The molecule has 2 fully saturated rings. The molecule has 2 aliphatic carbocycles. The number of amides is 1.